The molecule has 5 nitrogen and oxygen atoms in total. The van der Waals surface area contributed by atoms with Crippen LogP contribution in [0.1, 0.15) is 12.6 Å². The molecule has 0 aromatic carbocycles. The molecule has 0 saturated heterocycles. The number of aliphatic imine (C=N–C) groups is 1. The fourth-order valence-corrected chi connectivity index (χ4v) is 1.28. The van der Waals surface area contributed by atoms with Gasteiger partial charge in [-0.2, -0.15) is 0 Å². The largest absolute Gasteiger partial charge is 0.380 e. The summed E-state index contributed by atoms with van der Waals surface area (Å²) in [4.78, 5) is 8.34. The highest BCUT2D eigenvalue weighted by Crippen LogP contribution is 1.91. The summed E-state index contributed by atoms with van der Waals surface area (Å²) in [5.41, 5.74) is 0.986. The van der Waals surface area contributed by atoms with Crippen molar-refractivity contribution in [1.82, 2.24) is 15.6 Å². The van der Waals surface area contributed by atoms with Gasteiger partial charge in [-0.1, -0.05) is 6.07 Å². The van der Waals surface area contributed by atoms with Gasteiger partial charge in [0.1, 0.15) is 0 Å². The van der Waals surface area contributed by atoms with E-state index in [1.54, 1.807) is 13.2 Å². The van der Waals surface area contributed by atoms with Crippen molar-refractivity contribution in [3.63, 3.8) is 0 Å². The van der Waals surface area contributed by atoms with Gasteiger partial charge in [-0.25, -0.2) is 0 Å². The molecule has 1 heterocycles. The molecule has 6 heteroatoms. The molecule has 0 aliphatic heterocycles. The summed E-state index contributed by atoms with van der Waals surface area (Å²) in [5.74, 6) is 0.760. The van der Waals surface area contributed by atoms with E-state index < -0.39 is 0 Å². The van der Waals surface area contributed by atoms with Gasteiger partial charge in [0.25, 0.3) is 0 Å². The predicted octanol–water partition coefficient (Wildman–Crippen LogP) is 1.40. The average Bonchev–Trinajstić information content (AvgIpc) is 2.39. The molecule has 0 saturated carbocycles. The molecule has 0 amide bonds. The third kappa shape index (κ3) is 7.44. The number of hydrogen-bond donors (Lipinski definition) is 2. The number of rotatable bonds is 6. The minimum absolute atomic E-state index is 0. The van der Waals surface area contributed by atoms with Crippen LogP contribution in [0.5, 0.6) is 0 Å². The van der Waals surface area contributed by atoms with E-state index in [-0.39, 0.29) is 24.0 Å². The molecule has 0 radical (unpaired) electrons. The van der Waals surface area contributed by atoms with Gasteiger partial charge in [-0.3, -0.25) is 9.98 Å². The highest BCUT2D eigenvalue weighted by atomic mass is 127. The maximum atomic E-state index is 5.23. The Hall–Kier alpha value is -0.890. The zero-order valence-corrected chi connectivity index (χ0v) is 13.2. The first-order valence-corrected chi connectivity index (χ1v) is 5.79. The zero-order valence-electron chi connectivity index (χ0n) is 10.8. The van der Waals surface area contributed by atoms with Crippen molar-refractivity contribution in [2.45, 2.75) is 13.5 Å². The minimum Gasteiger partial charge on any atom is -0.380 e. The van der Waals surface area contributed by atoms with Gasteiger partial charge in [0, 0.05) is 26.4 Å². The van der Waals surface area contributed by atoms with Crippen molar-refractivity contribution in [2.24, 2.45) is 4.99 Å². The molecule has 0 atom stereocenters. The Labute approximate surface area is 125 Å². The SMILES string of the molecule is CCOCCNC(=NC)NCc1ccccn1.I. The maximum absolute atomic E-state index is 5.23. The second-order valence-corrected chi connectivity index (χ2v) is 3.37. The number of aromatic nitrogens is 1. The molecule has 0 aliphatic carbocycles. The van der Waals surface area contributed by atoms with Gasteiger partial charge in [0.05, 0.1) is 18.8 Å². The molecule has 0 spiro atoms. The van der Waals surface area contributed by atoms with E-state index in [1.165, 1.54) is 0 Å². The first-order valence-electron chi connectivity index (χ1n) is 5.79. The molecule has 0 fully saturated rings. The predicted molar refractivity (Wildman–Crippen MR) is 84.3 cm³/mol. The van der Waals surface area contributed by atoms with E-state index in [0.29, 0.717) is 13.2 Å². The van der Waals surface area contributed by atoms with Crippen molar-refractivity contribution < 1.29 is 4.74 Å². The monoisotopic (exact) mass is 364 g/mol. The van der Waals surface area contributed by atoms with Crippen molar-refractivity contribution >= 4 is 29.9 Å². The molecule has 1 aromatic rings. The van der Waals surface area contributed by atoms with E-state index >= 15 is 0 Å². The van der Waals surface area contributed by atoms with E-state index in [4.69, 9.17) is 4.74 Å². The Kier molecular flexibility index (Phi) is 10.7. The van der Waals surface area contributed by atoms with Crippen molar-refractivity contribution in [1.29, 1.82) is 0 Å². The Morgan fingerprint density at radius 3 is 2.83 bits per heavy atom. The highest BCUT2D eigenvalue weighted by Gasteiger charge is 1.97. The number of ether oxygens (including phenoxy) is 1. The molecule has 1 rings (SSSR count). The lowest BCUT2D eigenvalue weighted by atomic mass is 10.3. The number of nitrogens with one attached hydrogen (secondary N) is 2. The quantitative estimate of drug-likeness (QED) is 0.347. The zero-order chi connectivity index (χ0) is 12.3. The summed E-state index contributed by atoms with van der Waals surface area (Å²) < 4.78 is 5.23. The van der Waals surface area contributed by atoms with Crippen LogP contribution in [-0.4, -0.2) is 37.7 Å². The molecule has 0 unspecified atom stereocenters. The summed E-state index contributed by atoms with van der Waals surface area (Å²) in [6, 6.07) is 5.84. The normalized spacial score (nSPS) is 10.7. The van der Waals surface area contributed by atoms with Gasteiger partial charge in [0.15, 0.2) is 5.96 Å². The second-order valence-electron chi connectivity index (χ2n) is 3.37. The molecular formula is C12H21IN4O. The van der Waals surface area contributed by atoms with Crippen LogP contribution in [0, 0.1) is 0 Å². The summed E-state index contributed by atoms with van der Waals surface area (Å²) >= 11 is 0. The van der Waals surface area contributed by atoms with E-state index in [9.17, 15) is 0 Å². The van der Waals surface area contributed by atoms with Gasteiger partial charge < -0.3 is 15.4 Å². The number of halogens is 1. The molecule has 18 heavy (non-hydrogen) atoms. The van der Waals surface area contributed by atoms with Crippen LogP contribution in [0.15, 0.2) is 29.4 Å². The fourth-order valence-electron chi connectivity index (χ4n) is 1.28. The second kappa shape index (κ2) is 11.2. The number of nitrogens with zero attached hydrogens (tertiary/aromatic N) is 2. The summed E-state index contributed by atoms with van der Waals surface area (Å²) in [5, 5.41) is 6.34. The van der Waals surface area contributed by atoms with Crippen LogP contribution in [0.3, 0.4) is 0 Å². The standard InChI is InChI=1S/C12H20N4O.HI/c1-3-17-9-8-15-12(13-2)16-10-11-6-4-5-7-14-11;/h4-7H,3,8-10H2,1-2H3,(H2,13,15,16);1H. The van der Waals surface area contributed by atoms with Crippen LogP contribution < -0.4 is 10.6 Å². The Morgan fingerprint density at radius 1 is 1.39 bits per heavy atom. The lowest BCUT2D eigenvalue weighted by Crippen LogP contribution is -2.38. The van der Waals surface area contributed by atoms with E-state index in [0.717, 1.165) is 24.8 Å². The smallest absolute Gasteiger partial charge is 0.191 e. The topological polar surface area (TPSA) is 58.5 Å². The van der Waals surface area contributed by atoms with Crippen LogP contribution in [-0.2, 0) is 11.3 Å². The molecule has 2 N–H and O–H groups in total. The minimum atomic E-state index is 0. The number of guanidine groups is 1. The summed E-state index contributed by atoms with van der Waals surface area (Å²) in [6.07, 6.45) is 1.78. The van der Waals surface area contributed by atoms with Gasteiger partial charge in [0.2, 0.25) is 0 Å². The van der Waals surface area contributed by atoms with Crippen molar-refractivity contribution in [2.75, 3.05) is 26.8 Å². The molecule has 0 aliphatic rings. The lowest BCUT2D eigenvalue weighted by molar-refractivity contribution is 0.152. The van der Waals surface area contributed by atoms with Gasteiger partial charge in [-0.05, 0) is 19.1 Å². The first-order chi connectivity index (χ1) is 8.36. The third-order valence-corrected chi connectivity index (χ3v) is 2.13. The lowest BCUT2D eigenvalue weighted by Gasteiger charge is -2.11. The molecular weight excluding hydrogens is 343 g/mol. The summed E-state index contributed by atoms with van der Waals surface area (Å²) in [7, 11) is 1.74. The molecule has 1 aromatic heterocycles. The van der Waals surface area contributed by atoms with Crippen molar-refractivity contribution in [3.8, 4) is 0 Å². The Bertz CT molecular complexity index is 332. The van der Waals surface area contributed by atoms with Crippen LogP contribution in [0.4, 0.5) is 0 Å². The molecule has 0 bridgehead atoms. The van der Waals surface area contributed by atoms with Crippen molar-refractivity contribution in [3.05, 3.63) is 30.1 Å². The van der Waals surface area contributed by atoms with Crippen LogP contribution in [0.25, 0.3) is 0 Å². The summed E-state index contributed by atoms with van der Waals surface area (Å²) in [6.45, 7) is 4.81. The number of hydrogen-bond acceptors (Lipinski definition) is 3. The maximum Gasteiger partial charge on any atom is 0.191 e. The first kappa shape index (κ1) is 17.1. The van der Waals surface area contributed by atoms with Gasteiger partial charge in [-0.15, -0.1) is 24.0 Å². The molecule has 102 valence electrons. The van der Waals surface area contributed by atoms with Gasteiger partial charge >= 0.3 is 0 Å². The Balaban J connectivity index is 0.00000289. The average molecular weight is 364 g/mol. The Morgan fingerprint density at radius 2 is 2.22 bits per heavy atom. The fraction of sp³-hybridized carbons (Fsp3) is 0.500. The third-order valence-electron chi connectivity index (χ3n) is 2.13. The van der Waals surface area contributed by atoms with E-state index in [2.05, 4.69) is 20.6 Å². The number of pyridine rings is 1. The van der Waals surface area contributed by atoms with E-state index in [1.807, 2.05) is 25.1 Å². The van der Waals surface area contributed by atoms with Crippen LogP contribution >= 0.6 is 24.0 Å². The van der Waals surface area contributed by atoms with Crippen LogP contribution in [0.2, 0.25) is 0 Å². The highest BCUT2D eigenvalue weighted by molar-refractivity contribution is 14.0.